The van der Waals surface area contributed by atoms with E-state index in [1.165, 1.54) is 0 Å². The van der Waals surface area contributed by atoms with Crippen LogP contribution < -0.4 is 10.1 Å². The normalized spacial score (nSPS) is 13.3. The third kappa shape index (κ3) is 7.19. The SMILES string of the molecule is Cc1ccccc1OCC(O)CNCCC(C)(C)C. The average molecular weight is 265 g/mol. The van der Waals surface area contributed by atoms with Gasteiger partial charge < -0.3 is 15.2 Å². The minimum absolute atomic E-state index is 0.327. The largest absolute Gasteiger partial charge is 0.491 e. The van der Waals surface area contributed by atoms with Gasteiger partial charge in [-0.2, -0.15) is 0 Å². The molecule has 0 saturated carbocycles. The summed E-state index contributed by atoms with van der Waals surface area (Å²) in [6, 6.07) is 7.85. The number of aliphatic hydroxyl groups is 1. The molecular formula is C16H27NO2. The molecule has 1 rings (SSSR count). The van der Waals surface area contributed by atoms with Crippen LogP contribution in [0.15, 0.2) is 24.3 Å². The fourth-order valence-corrected chi connectivity index (χ4v) is 1.70. The lowest BCUT2D eigenvalue weighted by atomic mass is 9.92. The van der Waals surface area contributed by atoms with Crippen molar-refractivity contribution in [2.45, 2.75) is 40.2 Å². The van der Waals surface area contributed by atoms with Crippen LogP contribution in [0.2, 0.25) is 0 Å². The summed E-state index contributed by atoms with van der Waals surface area (Å²) in [6.45, 7) is 10.5. The second-order valence-electron chi connectivity index (χ2n) is 6.25. The summed E-state index contributed by atoms with van der Waals surface area (Å²) in [5.41, 5.74) is 1.42. The maximum absolute atomic E-state index is 9.84. The summed E-state index contributed by atoms with van der Waals surface area (Å²) < 4.78 is 5.61. The molecule has 0 aliphatic heterocycles. The minimum Gasteiger partial charge on any atom is -0.491 e. The molecule has 1 unspecified atom stereocenters. The third-order valence-corrected chi connectivity index (χ3v) is 2.96. The van der Waals surface area contributed by atoms with Gasteiger partial charge in [0.05, 0.1) is 0 Å². The van der Waals surface area contributed by atoms with Crippen molar-refractivity contribution in [3.63, 3.8) is 0 Å². The van der Waals surface area contributed by atoms with Crippen LogP contribution in [0, 0.1) is 12.3 Å². The Morgan fingerprint density at radius 3 is 2.58 bits per heavy atom. The van der Waals surface area contributed by atoms with Crippen molar-refractivity contribution in [3.8, 4) is 5.75 Å². The molecule has 0 fully saturated rings. The predicted octanol–water partition coefficient (Wildman–Crippen LogP) is 2.76. The molecule has 0 radical (unpaired) electrons. The lowest BCUT2D eigenvalue weighted by Crippen LogP contribution is -2.33. The third-order valence-electron chi connectivity index (χ3n) is 2.96. The zero-order valence-corrected chi connectivity index (χ0v) is 12.6. The van der Waals surface area contributed by atoms with Crippen LogP contribution in [0.5, 0.6) is 5.75 Å². The molecule has 0 aliphatic carbocycles. The quantitative estimate of drug-likeness (QED) is 0.745. The molecule has 2 N–H and O–H groups in total. The highest BCUT2D eigenvalue weighted by Crippen LogP contribution is 2.17. The average Bonchev–Trinajstić information content (AvgIpc) is 2.32. The van der Waals surface area contributed by atoms with Gasteiger partial charge in [-0.1, -0.05) is 39.0 Å². The fraction of sp³-hybridized carbons (Fsp3) is 0.625. The first-order valence-electron chi connectivity index (χ1n) is 6.96. The first-order valence-corrected chi connectivity index (χ1v) is 6.96. The zero-order valence-electron chi connectivity index (χ0n) is 12.6. The number of ether oxygens (including phenoxy) is 1. The summed E-state index contributed by atoms with van der Waals surface area (Å²) in [6.07, 6.45) is 0.623. The lowest BCUT2D eigenvalue weighted by Gasteiger charge is -2.19. The monoisotopic (exact) mass is 265 g/mol. The molecular weight excluding hydrogens is 238 g/mol. The van der Waals surface area contributed by atoms with Crippen molar-refractivity contribution < 1.29 is 9.84 Å². The van der Waals surface area contributed by atoms with Gasteiger partial charge in [0.1, 0.15) is 18.5 Å². The maximum Gasteiger partial charge on any atom is 0.122 e. The van der Waals surface area contributed by atoms with Crippen molar-refractivity contribution in [3.05, 3.63) is 29.8 Å². The highest BCUT2D eigenvalue weighted by atomic mass is 16.5. The van der Waals surface area contributed by atoms with E-state index in [9.17, 15) is 5.11 Å². The lowest BCUT2D eigenvalue weighted by molar-refractivity contribution is 0.105. The fourth-order valence-electron chi connectivity index (χ4n) is 1.70. The van der Waals surface area contributed by atoms with Gasteiger partial charge in [0.15, 0.2) is 0 Å². The van der Waals surface area contributed by atoms with E-state index >= 15 is 0 Å². The van der Waals surface area contributed by atoms with Crippen LogP contribution in [0.3, 0.4) is 0 Å². The van der Waals surface area contributed by atoms with E-state index in [2.05, 4.69) is 26.1 Å². The smallest absolute Gasteiger partial charge is 0.122 e. The molecule has 1 aromatic carbocycles. The number of hydrogen-bond acceptors (Lipinski definition) is 3. The van der Waals surface area contributed by atoms with Gasteiger partial charge in [-0.15, -0.1) is 0 Å². The Hall–Kier alpha value is -1.06. The summed E-state index contributed by atoms with van der Waals surface area (Å²) in [7, 11) is 0. The van der Waals surface area contributed by atoms with Crippen molar-refractivity contribution in [1.82, 2.24) is 5.32 Å². The molecule has 0 saturated heterocycles. The van der Waals surface area contributed by atoms with Gasteiger partial charge in [-0.05, 0) is 36.9 Å². The Balaban J connectivity index is 2.18. The molecule has 0 aliphatic rings. The number of para-hydroxylation sites is 1. The Labute approximate surface area is 117 Å². The van der Waals surface area contributed by atoms with Crippen LogP contribution in [0.25, 0.3) is 0 Å². The summed E-state index contributed by atoms with van der Waals surface area (Å²) in [5, 5.41) is 13.1. The highest BCUT2D eigenvalue weighted by molar-refractivity contribution is 5.31. The van der Waals surface area contributed by atoms with Gasteiger partial charge >= 0.3 is 0 Å². The number of rotatable bonds is 7. The highest BCUT2D eigenvalue weighted by Gasteiger charge is 2.10. The molecule has 0 heterocycles. The van der Waals surface area contributed by atoms with Crippen LogP contribution in [0.1, 0.15) is 32.8 Å². The van der Waals surface area contributed by atoms with Gasteiger partial charge in [0.2, 0.25) is 0 Å². The van der Waals surface area contributed by atoms with Crippen LogP contribution >= 0.6 is 0 Å². The zero-order chi connectivity index (χ0) is 14.3. The molecule has 108 valence electrons. The van der Waals surface area contributed by atoms with Crippen LogP contribution in [-0.2, 0) is 0 Å². The molecule has 0 bridgehead atoms. The summed E-state index contributed by atoms with van der Waals surface area (Å²) in [5.74, 6) is 0.844. The van der Waals surface area contributed by atoms with E-state index < -0.39 is 6.10 Å². The van der Waals surface area contributed by atoms with E-state index in [1.807, 2.05) is 31.2 Å². The predicted molar refractivity (Wildman–Crippen MR) is 79.6 cm³/mol. The summed E-state index contributed by atoms with van der Waals surface area (Å²) >= 11 is 0. The number of benzene rings is 1. The Kier molecular flexibility index (Phi) is 6.32. The molecule has 0 amide bonds. The first kappa shape index (κ1) is 16.0. The minimum atomic E-state index is -0.473. The number of aryl methyl sites for hydroxylation is 1. The van der Waals surface area contributed by atoms with Gasteiger partial charge in [-0.3, -0.25) is 0 Å². The van der Waals surface area contributed by atoms with Crippen molar-refractivity contribution in [1.29, 1.82) is 0 Å². The molecule has 3 nitrogen and oxygen atoms in total. The van der Waals surface area contributed by atoms with Crippen molar-refractivity contribution >= 4 is 0 Å². The number of aliphatic hydroxyl groups excluding tert-OH is 1. The Morgan fingerprint density at radius 1 is 1.26 bits per heavy atom. The van der Waals surface area contributed by atoms with E-state index in [-0.39, 0.29) is 0 Å². The molecule has 1 atom stereocenters. The topological polar surface area (TPSA) is 41.5 Å². The van der Waals surface area contributed by atoms with E-state index in [4.69, 9.17) is 4.74 Å². The molecule has 19 heavy (non-hydrogen) atoms. The van der Waals surface area contributed by atoms with Crippen molar-refractivity contribution in [2.24, 2.45) is 5.41 Å². The van der Waals surface area contributed by atoms with Crippen LogP contribution in [-0.4, -0.2) is 30.9 Å². The van der Waals surface area contributed by atoms with Gasteiger partial charge in [-0.25, -0.2) is 0 Å². The second kappa shape index (κ2) is 7.51. The number of hydrogen-bond donors (Lipinski definition) is 2. The molecule has 0 aromatic heterocycles. The molecule has 0 spiro atoms. The van der Waals surface area contributed by atoms with Crippen LogP contribution in [0.4, 0.5) is 0 Å². The van der Waals surface area contributed by atoms with E-state index in [0.29, 0.717) is 18.6 Å². The standard InChI is InChI=1S/C16H27NO2/c1-13-7-5-6-8-15(13)19-12-14(18)11-17-10-9-16(2,3)4/h5-8,14,17-18H,9-12H2,1-4H3. The number of nitrogens with one attached hydrogen (secondary N) is 1. The van der Waals surface area contributed by atoms with Crippen molar-refractivity contribution in [2.75, 3.05) is 19.7 Å². The van der Waals surface area contributed by atoms with E-state index in [1.54, 1.807) is 0 Å². The first-order chi connectivity index (χ1) is 8.88. The Bertz CT molecular complexity index is 371. The molecule has 3 heteroatoms. The Morgan fingerprint density at radius 2 is 1.95 bits per heavy atom. The van der Waals surface area contributed by atoms with E-state index in [0.717, 1.165) is 24.3 Å². The maximum atomic E-state index is 9.84. The van der Waals surface area contributed by atoms with Gasteiger partial charge in [0.25, 0.3) is 0 Å². The summed E-state index contributed by atoms with van der Waals surface area (Å²) in [4.78, 5) is 0. The van der Waals surface area contributed by atoms with Gasteiger partial charge in [0, 0.05) is 6.54 Å². The molecule has 1 aromatic rings. The second-order valence-corrected chi connectivity index (χ2v) is 6.25.